The van der Waals surface area contributed by atoms with E-state index in [-0.39, 0.29) is 6.04 Å². The van der Waals surface area contributed by atoms with E-state index in [4.69, 9.17) is 0 Å². The number of carbonyl (C=O) groups is 1. The van der Waals surface area contributed by atoms with E-state index in [1.807, 2.05) is 11.6 Å². The Morgan fingerprint density at radius 3 is 2.74 bits per heavy atom. The van der Waals surface area contributed by atoms with Crippen molar-refractivity contribution in [1.29, 1.82) is 0 Å². The quantitative estimate of drug-likeness (QED) is 0.913. The van der Waals surface area contributed by atoms with Gasteiger partial charge in [-0.2, -0.15) is 0 Å². The zero-order valence-electron chi connectivity index (χ0n) is 10.9. The number of anilines is 1. The van der Waals surface area contributed by atoms with Crippen molar-refractivity contribution in [1.82, 2.24) is 9.88 Å². The van der Waals surface area contributed by atoms with Gasteiger partial charge in [0.1, 0.15) is 6.04 Å². The molecule has 3 heterocycles. The van der Waals surface area contributed by atoms with Crippen molar-refractivity contribution in [2.24, 2.45) is 0 Å². The van der Waals surface area contributed by atoms with Crippen LogP contribution in [0.25, 0.3) is 0 Å². The first-order valence-corrected chi connectivity index (χ1v) is 7.76. The van der Waals surface area contributed by atoms with Gasteiger partial charge in [-0.15, -0.1) is 11.3 Å². The van der Waals surface area contributed by atoms with E-state index >= 15 is 0 Å². The van der Waals surface area contributed by atoms with Gasteiger partial charge in [0.15, 0.2) is 5.13 Å². The Kier molecular flexibility index (Phi) is 3.70. The summed E-state index contributed by atoms with van der Waals surface area (Å²) in [5, 5.41) is 12.4. The Bertz CT molecular complexity index is 429. The van der Waals surface area contributed by atoms with Crippen LogP contribution in [0.5, 0.6) is 0 Å². The van der Waals surface area contributed by atoms with Crippen LogP contribution in [-0.4, -0.2) is 52.7 Å². The van der Waals surface area contributed by atoms with Crippen molar-refractivity contribution >= 4 is 22.4 Å². The van der Waals surface area contributed by atoms with E-state index in [1.165, 1.54) is 0 Å². The van der Waals surface area contributed by atoms with Gasteiger partial charge in [0.2, 0.25) is 0 Å². The van der Waals surface area contributed by atoms with Crippen molar-refractivity contribution in [2.45, 2.75) is 37.8 Å². The average molecular weight is 281 g/mol. The Hall–Kier alpha value is -1.14. The van der Waals surface area contributed by atoms with Gasteiger partial charge in [0.25, 0.3) is 0 Å². The highest BCUT2D eigenvalue weighted by molar-refractivity contribution is 7.13. The maximum absolute atomic E-state index is 11.2. The summed E-state index contributed by atoms with van der Waals surface area (Å²) in [6.07, 6.45) is 5.76. The number of aromatic nitrogens is 1. The predicted octanol–water partition coefficient (Wildman–Crippen LogP) is 1.66. The molecule has 5 nitrogen and oxygen atoms in total. The number of aliphatic carboxylic acids is 1. The smallest absolute Gasteiger partial charge is 0.320 e. The highest BCUT2D eigenvalue weighted by Gasteiger charge is 2.36. The maximum atomic E-state index is 11.2. The Balaban J connectivity index is 1.59. The van der Waals surface area contributed by atoms with Gasteiger partial charge >= 0.3 is 5.97 Å². The molecule has 6 heteroatoms. The summed E-state index contributed by atoms with van der Waals surface area (Å²) in [5.74, 6) is -0.653. The first kappa shape index (κ1) is 12.9. The molecular weight excluding hydrogens is 262 g/mol. The fraction of sp³-hybridized carbons (Fsp3) is 0.692. The molecule has 1 aromatic rings. The fourth-order valence-electron chi connectivity index (χ4n) is 3.25. The number of carboxylic acid groups (broad SMARTS) is 1. The van der Waals surface area contributed by atoms with E-state index in [2.05, 4.69) is 14.8 Å². The number of likely N-dealkylation sites (tertiary alicyclic amines) is 1. The van der Waals surface area contributed by atoms with Gasteiger partial charge in [-0.25, -0.2) is 4.98 Å². The van der Waals surface area contributed by atoms with Crippen LogP contribution in [-0.2, 0) is 4.79 Å². The molecule has 1 aromatic heterocycles. The van der Waals surface area contributed by atoms with Crippen molar-refractivity contribution in [3.8, 4) is 0 Å². The second-order valence-corrected chi connectivity index (χ2v) is 6.14. The first-order chi connectivity index (χ1) is 9.25. The molecule has 19 heavy (non-hydrogen) atoms. The van der Waals surface area contributed by atoms with Crippen LogP contribution >= 0.6 is 11.3 Å². The zero-order chi connectivity index (χ0) is 13.2. The lowest BCUT2D eigenvalue weighted by atomic mass is 10.0. The van der Waals surface area contributed by atoms with Gasteiger partial charge in [-0.1, -0.05) is 0 Å². The summed E-state index contributed by atoms with van der Waals surface area (Å²) in [6, 6.07) is 0.177. The highest BCUT2D eigenvalue weighted by Crippen LogP contribution is 2.28. The number of nitrogens with zero attached hydrogens (tertiary/aromatic N) is 3. The lowest BCUT2D eigenvalue weighted by Crippen LogP contribution is -2.48. The first-order valence-electron chi connectivity index (χ1n) is 6.88. The molecule has 1 unspecified atom stereocenters. The molecular formula is C13H19N3O2S. The third kappa shape index (κ3) is 2.60. The SMILES string of the molecule is O=C(O)C1CCCN1C1CCN(c2nccs2)CC1. The fourth-order valence-corrected chi connectivity index (χ4v) is 3.95. The second-order valence-electron chi connectivity index (χ2n) is 5.27. The molecule has 0 amide bonds. The van der Waals surface area contributed by atoms with Crippen molar-refractivity contribution < 1.29 is 9.90 Å². The minimum atomic E-state index is -0.653. The topological polar surface area (TPSA) is 56.7 Å². The minimum absolute atomic E-state index is 0.253. The van der Waals surface area contributed by atoms with E-state index in [0.717, 1.165) is 50.4 Å². The number of rotatable bonds is 3. The van der Waals surface area contributed by atoms with Crippen LogP contribution in [0.3, 0.4) is 0 Å². The van der Waals surface area contributed by atoms with Gasteiger partial charge in [0, 0.05) is 30.7 Å². The number of hydrogen-bond donors (Lipinski definition) is 1. The van der Waals surface area contributed by atoms with Crippen molar-refractivity contribution in [2.75, 3.05) is 24.5 Å². The summed E-state index contributed by atoms with van der Waals surface area (Å²) < 4.78 is 0. The summed E-state index contributed by atoms with van der Waals surface area (Å²) in [4.78, 5) is 20.1. The van der Waals surface area contributed by atoms with Crippen LogP contribution in [0.4, 0.5) is 5.13 Å². The molecule has 1 N–H and O–H groups in total. The van der Waals surface area contributed by atoms with Gasteiger partial charge in [-0.05, 0) is 32.2 Å². The summed E-state index contributed by atoms with van der Waals surface area (Å²) >= 11 is 1.68. The molecule has 0 saturated carbocycles. The Morgan fingerprint density at radius 2 is 2.11 bits per heavy atom. The monoisotopic (exact) mass is 281 g/mol. The number of piperidine rings is 1. The molecule has 0 radical (unpaired) electrons. The van der Waals surface area contributed by atoms with Crippen LogP contribution in [0, 0.1) is 0 Å². The van der Waals surface area contributed by atoms with E-state index in [1.54, 1.807) is 11.3 Å². The van der Waals surface area contributed by atoms with Gasteiger partial charge in [0.05, 0.1) is 0 Å². The largest absolute Gasteiger partial charge is 0.480 e. The van der Waals surface area contributed by atoms with Crippen LogP contribution in [0.2, 0.25) is 0 Å². The average Bonchev–Trinajstić information content (AvgIpc) is 3.10. The Morgan fingerprint density at radius 1 is 1.32 bits per heavy atom. The third-order valence-corrected chi connectivity index (χ3v) is 5.03. The number of carboxylic acids is 1. The van der Waals surface area contributed by atoms with Gasteiger partial charge in [-0.3, -0.25) is 9.69 Å². The third-order valence-electron chi connectivity index (χ3n) is 4.20. The van der Waals surface area contributed by atoms with Crippen LogP contribution in [0.15, 0.2) is 11.6 Å². The molecule has 3 rings (SSSR count). The van der Waals surface area contributed by atoms with E-state index in [9.17, 15) is 9.90 Å². The standard InChI is InChI=1S/C13H19N3O2S/c17-12(18)11-2-1-6-16(11)10-3-7-15(8-4-10)13-14-5-9-19-13/h5,9-11H,1-4,6-8H2,(H,17,18). The van der Waals surface area contributed by atoms with Crippen molar-refractivity contribution in [3.63, 3.8) is 0 Å². The molecule has 2 fully saturated rings. The lowest BCUT2D eigenvalue weighted by molar-refractivity contribution is -0.143. The molecule has 2 aliphatic rings. The van der Waals surface area contributed by atoms with Crippen molar-refractivity contribution in [3.05, 3.63) is 11.6 Å². The summed E-state index contributed by atoms with van der Waals surface area (Å²) in [7, 11) is 0. The van der Waals surface area contributed by atoms with Crippen LogP contribution in [0.1, 0.15) is 25.7 Å². The number of hydrogen-bond acceptors (Lipinski definition) is 5. The van der Waals surface area contributed by atoms with Gasteiger partial charge < -0.3 is 10.0 Å². The molecule has 0 spiro atoms. The van der Waals surface area contributed by atoms with E-state index < -0.39 is 5.97 Å². The molecule has 2 aliphatic heterocycles. The maximum Gasteiger partial charge on any atom is 0.320 e. The molecule has 2 saturated heterocycles. The molecule has 104 valence electrons. The summed E-state index contributed by atoms with van der Waals surface area (Å²) in [6.45, 7) is 2.92. The highest BCUT2D eigenvalue weighted by atomic mass is 32.1. The molecule has 0 bridgehead atoms. The summed E-state index contributed by atoms with van der Waals surface area (Å²) in [5.41, 5.74) is 0. The predicted molar refractivity (Wildman–Crippen MR) is 74.7 cm³/mol. The second kappa shape index (κ2) is 5.46. The van der Waals surface area contributed by atoms with Crippen LogP contribution < -0.4 is 4.90 Å². The molecule has 1 atom stereocenters. The lowest BCUT2D eigenvalue weighted by Gasteiger charge is -2.38. The molecule has 0 aromatic carbocycles. The number of thiazole rings is 1. The van der Waals surface area contributed by atoms with E-state index in [0.29, 0.717) is 6.04 Å². The zero-order valence-corrected chi connectivity index (χ0v) is 11.7. The Labute approximate surface area is 116 Å². The minimum Gasteiger partial charge on any atom is -0.480 e. The normalized spacial score (nSPS) is 25.9. The molecule has 0 aliphatic carbocycles.